The van der Waals surface area contributed by atoms with E-state index in [0.717, 1.165) is 53.5 Å². The van der Waals surface area contributed by atoms with Crippen LogP contribution in [0.15, 0.2) is 146 Å². The standard InChI is InChI=1S/C33H23BF10N8.2C10H8N2.Ru/c35-24-22(20(16-5-1-9-45-16)17-6-2-10-46-17)25(36)29(40)32(28(24)39)47-13-15-14-52(49-48-15)33-30(41)26(37)23(27(38)31(33)42)21-18-7-3-11-50(18)34(43,44)51-12-4-8-19(21)51;2*1-3-7-11-9(5-1)10-6-2-4-8-12-10;/h3-4,7-8,11-12,14,16,47H,1-2,5-6,9-10,13H2;2*1-8H;/q-2;;;+2/b20-17+;;;. The van der Waals surface area contributed by atoms with E-state index in [1.54, 1.807) is 24.8 Å². The van der Waals surface area contributed by atoms with Gasteiger partial charge in [0.05, 0.1) is 52.2 Å². The first-order valence-electron chi connectivity index (χ1n) is 23.7. The smallest absolute Gasteiger partial charge is 0.688 e. The molecule has 0 amide bonds. The van der Waals surface area contributed by atoms with E-state index in [4.69, 9.17) is 0 Å². The first-order chi connectivity index (χ1) is 36.8. The zero-order valence-electron chi connectivity index (χ0n) is 39.9. The Kier molecular flexibility index (Phi) is 16.1. The number of nitrogens with zero attached hydrogens (tertiary/aromatic N) is 11. The number of hydrogen-bond acceptors (Lipinski definition) is 7. The molecule has 12 rings (SSSR count). The molecule has 4 aliphatic rings. The number of nitrogens with one attached hydrogen (secondary N) is 1. The van der Waals surface area contributed by atoms with Crippen molar-refractivity contribution in [1.29, 1.82) is 0 Å². The Bertz CT molecular complexity index is 3360. The van der Waals surface area contributed by atoms with Gasteiger partial charge in [-0.1, -0.05) is 60.7 Å². The third-order valence-corrected chi connectivity index (χ3v) is 12.7. The number of benzene rings is 2. The number of anilines is 1. The maximum atomic E-state index is 15.7. The van der Waals surface area contributed by atoms with Gasteiger partial charge in [0.1, 0.15) is 23.3 Å². The van der Waals surface area contributed by atoms with Crippen LogP contribution in [0.25, 0.3) is 50.2 Å². The third-order valence-electron chi connectivity index (χ3n) is 12.7. The summed E-state index contributed by atoms with van der Waals surface area (Å²) in [5, 5.41) is 17.8. The van der Waals surface area contributed by atoms with Gasteiger partial charge in [-0.15, -0.1) is 24.2 Å². The van der Waals surface area contributed by atoms with Gasteiger partial charge in [0.2, 0.25) is 0 Å². The molecule has 6 aromatic heterocycles. The van der Waals surface area contributed by atoms with E-state index < -0.39 is 106 Å². The van der Waals surface area contributed by atoms with Crippen LogP contribution >= 0.6 is 0 Å². The van der Waals surface area contributed by atoms with Gasteiger partial charge in [0.15, 0.2) is 52.2 Å². The molecule has 0 bridgehead atoms. The molecule has 77 heavy (non-hydrogen) atoms. The summed E-state index contributed by atoms with van der Waals surface area (Å²) in [5.74, 6) is -14.7. The van der Waals surface area contributed by atoms with Crippen LogP contribution in [-0.4, -0.2) is 76.2 Å². The fourth-order valence-electron chi connectivity index (χ4n) is 9.18. The molecular weight excluding hydrogens is 1110 g/mol. The molecule has 0 saturated carbocycles. The molecule has 10 heterocycles. The molecular formula is C53H39BF10N12Ru. The predicted octanol–water partition coefficient (Wildman–Crippen LogP) is 12.1. The Morgan fingerprint density at radius 3 is 1.74 bits per heavy atom. The van der Waals surface area contributed by atoms with Crippen LogP contribution < -0.4 is 5.32 Å². The zero-order chi connectivity index (χ0) is 53.1. The Hall–Kier alpha value is -8.10. The fourth-order valence-corrected chi connectivity index (χ4v) is 9.18. The van der Waals surface area contributed by atoms with Crippen LogP contribution in [0.3, 0.4) is 0 Å². The van der Waals surface area contributed by atoms with Crippen molar-refractivity contribution < 1.29 is 67.7 Å². The Morgan fingerprint density at radius 1 is 0.675 bits per heavy atom. The van der Waals surface area contributed by atoms with Gasteiger partial charge >= 0.3 is 26.4 Å². The predicted molar refractivity (Wildman–Crippen MR) is 265 cm³/mol. The average molecular weight is 1150 g/mol. The monoisotopic (exact) mass is 1150 g/mol. The summed E-state index contributed by atoms with van der Waals surface area (Å²) >= 11 is 0. The summed E-state index contributed by atoms with van der Waals surface area (Å²) in [5.41, 5.74) is -2.44. The molecule has 0 spiro atoms. The minimum Gasteiger partial charge on any atom is -0.688 e. The molecule has 24 heteroatoms. The second-order valence-corrected chi connectivity index (χ2v) is 17.3. The number of rotatable bonds is 9. The minimum absolute atomic E-state index is 0. The van der Waals surface area contributed by atoms with Crippen LogP contribution in [-0.2, 0) is 26.0 Å². The zero-order valence-corrected chi connectivity index (χ0v) is 41.7. The largest absolute Gasteiger partial charge is 2.00 e. The molecule has 1 atom stereocenters. The number of aromatic nitrogens is 8. The van der Waals surface area contributed by atoms with Crippen molar-refractivity contribution in [3.8, 4) is 28.5 Å². The first kappa shape index (κ1) is 53.7. The Labute approximate surface area is 445 Å². The molecule has 1 unspecified atom stereocenters. The second-order valence-electron chi connectivity index (χ2n) is 17.3. The van der Waals surface area contributed by atoms with E-state index in [-0.39, 0.29) is 30.7 Å². The van der Waals surface area contributed by atoms with Gasteiger partial charge in [-0.3, -0.25) is 19.9 Å². The first-order valence-corrected chi connectivity index (χ1v) is 23.7. The summed E-state index contributed by atoms with van der Waals surface area (Å²) in [4.78, 5) is 16.7. The van der Waals surface area contributed by atoms with Crippen molar-refractivity contribution in [3.63, 3.8) is 0 Å². The van der Waals surface area contributed by atoms with Crippen molar-refractivity contribution in [3.05, 3.63) is 225 Å². The summed E-state index contributed by atoms with van der Waals surface area (Å²) < 4.78 is 156. The molecule has 2 aromatic carbocycles. The number of pyridine rings is 4. The van der Waals surface area contributed by atoms with Crippen molar-refractivity contribution >= 4 is 30.0 Å². The summed E-state index contributed by atoms with van der Waals surface area (Å²) in [6, 6.07) is 24.8. The molecule has 8 aromatic rings. The SMILES string of the molecule is Fc1c(F)c(/C(=C2\CCC[N-]2)C2CCC[N-]2)c(F)c(F)c1NCc1cn(-c2c(F)c(F)c(C3=C4C=CC=[N+]4[B-](F)(F)n4cccc43)c(F)c2F)nn1.[Ru+2].c1ccc(-c2ccccn2)nc1.c1ccc(-c2ccccn2)nc1. The van der Waals surface area contributed by atoms with Gasteiger partial charge in [0.25, 0.3) is 0 Å². The maximum absolute atomic E-state index is 15.7. The molecule has 4 aliphatic heterocycles. The van der Waals surface area contributed by atoms with Crippen LogP contribution in [0.5, 0.6) is 0 Å². The van der Waals surface area contributed by atoms with Gasteiger partial charge in [0, 0.05) is 42.6 Å². The third kappa shape index (κ3) is 10.5. The van der Waals surface area contributed by atoms with Crippen LogP contribution in [0.2, 0.25) is 0 Å². The van der Waals surface area contributed by atoms with Gasteiger partial charge in [-0.2, -0.15) is 5.70 Å². The van der Waals surface area contributed by atoms with E-state index >= 15 is 43.8 Å². The summed E-state index contributed by atoms with van der Waals surface area (Å²) in [6.07, 6.45) is 14.0. The number of allylic oxidation sites excluding steroid dienone is 3. The van der Waals surface area contributed by atoms with E-state index in [9.17, 15) is 0 Å². The van der Waals surface area contributed by atoms with Crippen molar-refractivity contribution in [2.24, 2.45) is 0 Å². The molecule has 12 nitrogen and oxygen atoms in total. The van der Waals surface area contributed by atoms with Crippen molar-refractivity contribution in [2.45, 2.75) is 38.3 Å². The van der Waals surface area contributed by atoms with Crippen LogP contribution in [0, 0.1) is 46.5 Å². The maximum Gasteiger partial charge on any atom is 2.00 e. The minimum atomic E-state index is -4.49. The molecule has 2 fully saturated rings. The second kappa shape index (κ2) is 23.0. The normalized spacial score (nSPS) is 16.5. The van der Waals surface area contributed by atoms with Gasteiger partial charge in [-0.05, 0) is 66.9 Å². The fraction of sp³-hybridized carbons (Fsp3) is 0.151. The Morgan fingerprint density at radius 2 is 1.25 bits per heavy atom. The van der Waals surface area contributed by atoms with E-state index in [1.807, 2.05) is 72.8 Å². The molecule has 2 saturated heterocycles. The average Bonchev–Trinajstić information content (AvgIpc) is 4.34. The topological polar surface area (TPSA) is 130 Å². The van der Waals surface area contributed by atoms with Gasteiger partial charge < -0.3 is 33.5 Å². The van der Waals surface area contributed by atoms with Gasteiger partial charge in [-0.25, -0.2) is 39.8 Å². The van der Waals surface area contributed by atoms with E-state index in [0.29, 0.717) is 58.1 Å². The molecule has 392 valence electrons. The van der Waals surface area contributed by atoms with Crippen LogP contribution in [0.4, 0.5) is 49.4 Å². The van der Waals surface area contributed by atoms with Crippen molar-refractivity contribution in [1.82, 2.24) is 39.4 Å². The van der Waals surface area contributed by atoms with E-state index in [1.165, 1.54) is 12.1 Å². The number of fused-ring (bicyclic) bond motifs is 2. The quantitative estimate of drug-likeness (QED) is 0.0865. The number of halogens is 10. The molecule has 0 aliphatic carbocycles. The summed E-state index contributed by atoms with van der Waals surface area (Å²) in [7, 11) is 0. The number of hydrogen-bond donors (Lipinski definition) is 1. The molecule has 0 radical (unpaired) electrons. The Balaban J connectivity index is 0.000000235. The van der Waals surface area contributed by atoms with Crippen LogP contribution in [0.1, 0.15) is 48.2 Å². The summed E-state index contributed by atoms with van der Waals surface area (Å²) in [6.45, 7) is -4.40. The van der Waals surface area contributed by atoms with E-state index in [2.05, 4.69) is 46.2 Å². The molecule has 1 N–H and O–H groups in total. The van der Waals surface area contributed by atoms with Crippen molar-refractivity contribution in [2.75, 3.05) is 18.4 Å².